The Morgan fingerprint density at radius 3 is 2.70 bits per heavy atom. The molecule has 10 nitrogen and oxygen atoms in total. The Bertz CT molecular complexity index is 1250. The Hall–Kier alpha value is -4.34. The first-order chi connectivity index (χ1) is 16.2. The molecular weight excluding hydrogens is 420 g/mol. The smallest absolute Gasteiger partial charge is 0.294 e. The molecule has 1 fully saturated rings. The van der Waals surface area contributed by atoms with Crippen molar-refractivity contribution in [3.63, 3.8) is 0 Å². The molecule has 1 aliphatic heterocycles. The van der Waals surface area contributed by atoms with Crippen molar-refractivity contribution in [2.45, 2.75) is 25.3 Å². The monoisotopic (exact) mass is 442 g/mol. The number of nitrogens with zero attached hydrogens (tertiary/aromatic N) is 6. The number of carbonyl (C=O) groups is 2. The van der Waals surface area contributed by atoms with E-state index in [0.717, 1.165) is 30.6 Å². The summed E-state index contributed by atoms with van der Waals surface area (Å²) in [5.74, 6) is -0.0528. The minimum Gasteiger partial charge on any atom is -0.327 e. The molecule has 2 amide bonds. The molecule has 166 valence electrons. The maximum absolute atomic E-state index is 13.3. The summed E-state index contributed by atoms with van der Waals surface area (Å²) >= 11 is 0. The van der Waals surface area contributed by atoms with Gasteiger partial charge in [-0.1, -0.05) is 24.3 Å². The van der Waals surface area contributed by atoms with E-state index in [1.807, 2.05) is 30.3 Å². The van der Waals surface area contributed by atoms with Crippen LogP contribution in [0.25, 0.3) is 5.69 Å². The normalized spacial score (nSPS) is 15.9. The highest BCUT2D eigenvalue weighted by molar-refractivity contribution is 6.02. The predicted molar refractivity (Wildman–Crippen MR) is 120 cm³/mol. The number of piperidine rings is 1. The third-order valence-electron chi connectivity index (χ3n) is 5.56. The minimum atomic E-state index is -0.346. The summed E-state index contributed by atoms with van der Waals surface area (Å²) < 4.78 is 1.59. The van der Waals surface area contributed by atoms with Gasteiger partial charge in [0.2, 0.25) is 5.82 Å². The topological polar surface area (TPSA) is 122 Å². The lowest BCUT2D eigenvalue weighted by Crippen LogP contribution is -2.39. The van der Waals surface area contributed by atoms with Gasteiger partial charge in [0, 0.05) is 18.8 Å². The van der Waals surface area contributed by atoms with E-state index in [1.54, 1.807) is 46.4 Å². The summed E-state index contributed by atoms with van der Waals surface area (Å²) in [5, 5.41) is 14.3. The first-order valence-electron chi connectivity index (χ1n) is 10.7. The van der Waals surface area contributed by atoms with Crippen molar-refractivity contribution in [3.8, 4) is 5.69 Å². The van der Waals surface area contributed by atoms with E-state index >= 15 is 0 Å². The second kappa shape index (κ2) is 9.03. The average Bonchev–Trinajstić information content (AvgIpc) is 3.55. The van der Waals surface area contributed by atoms with Crippen LogP contribution < -0.4 is 5.32 Å². The van der Waals surface area contributed by atoms with Crippen LogP contribution in [0.5, 0.6) is 0 Å². The van der Waals surface area contributed by atoms with E-state index < -0.39 is 0 Å². The first-order valence-corrected chi connectivity index (χ1v) is 10.7. The average molecular weight is 442 g/mol. The highest BCUT2D eigenvalue weighted by atomic mass is 16.2. The van der Waals surface area contributed by atoms with Crippen molar-refractivity contribution in [3.05, 3.63) is 84.3 Å². The van der Waals surface area contributed by atoms with Gasteiger partial charge in [0.25, 0.3) is 11.8 Å². The number of para-hydroxylation sites is 1. The number of amides is 2. The van der Waals surface area contributed by atoms with Crippen molar-refractivity contribution in [2.75, 3.05) is 11.9 Å². The van der Waals surface area contributed by atoms with E-state index in [0.29, 0.717) is 18.1 Å². The van der Waals surface area contributed by atoms with E-state index in [1.165, 1.54) is 0 Å². The van der Waals surface area contributed by atoms with Gasteiger partial charge < -0.3 is 10.2 Å². The van der Waals surface area contributed by atoms with Gasteiger partial charge in [0.15, 0.2) is 5.82 Å². The van der Waals surface area contributed by atoms with E-state index in [9.17, 15) is 9.59 Å². The lowest BCUT2D eigenvalue weighted by molar-refractivity contribution is 0.0593. The Morgan fingerprint density at radius 2 is 1.88 bits per heavy atom. The number of benzene rings is 1. The molecule has 5 rings (SSSR count). The second-order valence-corrected chi connectivity index (χ2v) is 7.74. The van der Waals surface area contributed by atoms with Crippen LogP contribution in [0.3, 0.4) is 0 Å². The molecule has 3 aromatic heterocycles. The summed E-state index contributed by atoms with van der Waals surface area (Å²) in [4.78, 5) is 35.7. The van der Waals surface area contributed by atoms with Crippen LogP contribution in [-0.2, 0) is 0 Å². The molecule has 4 aromatic rings. The molecule has 1 atom stereocenters. The molecule has 10 heteroatoms. The van der Waals surface area contributed by atoms with E-state index in [4.69, 9.17) is 0 Å². The zero-order chi connectivity index (χ0) is 22.6. The molecule has 1 aromatic carbocycles. The summed E-state index contributed by atoms with van der Waals surface area (Å²) in [6, 6.07) is 16.2. The fourth-order valence-corrected chi connectivity index (χ4v) is 3.94. The van der Waals surface area contributed by atoms with Gasteiger partial charge in [-0.2, -0.15) is 5.10 Å². The van der Waals surface area contributed by atoms with Crippen LogP contribution in [0, 0.1) is 0 Å². The lowest BCUT2D eigenvalue weighted by atomic mass is 9.99. The number of anilines is 1. The zero-order valence-electron chi connectivity index (χ0n) is 17.8. The molecule has 1 aliphatic rings. The molecule has 0 spiro atoms. The van der Waals surface area contributed by atoms with Gasteiger partial charge in [0.05, 0.1) is 17.4 Å². The molecule has 1 saturated heterocycles. The molecular formula is C23H22N8O2. The number of hydrogen-bond donors (Lipinski definition) is 2. The molecule has 0 aliphatic carbocycles. The van der Waals surface area contributed by atoms with Crippen molar-refractivity contribution in [2.24, 2.45) is 0 Å². The number of H-pyrrole nitrogens is 1. The number of aromatic amines is 1. The summed E-state index contributed by atoms with van der Waals surface area (Å²) in [6.45, 7) is 0.595. The third kappa shape index (κ3) is 4.36. The van der Waals surface area contributed by atoms with Crippen molar-refractivity contribution in [1.29, 1.82) is 0 Å². The summed E-state index contributed by atoms with van der Waals surface area (Å²) in [6.07, 6.45) is 5.77. The number of pyridine rings is 1. The minimum absolute atomic E-state index is 0.147. The van der Waals surface area contributed by atoms with Crippen LogP contribution in [0.4, 0.5) is 5.82 Å². The van der Waals surface area contributed by atoms with Gasteiger partial charge >= 0.3 is 0 Å². The summed E-state index contributed by atoms with van der Waals surface area (Å²) in [5.41, 5.74) is 1.89. The van der Waals surface area contributed by atoms with Crippen molar-refractivity contribution < 1.29 is 9.59 Å². The van der Waals surface area contributed by atoms with E-state index in [-0.39, 0.29) is 23.7 Å². The maximum Gasteiger partial charge on any atom is 0.294 e. The van der Waals surface area contributed by atoms with E-state index in [2.05, 4.69) is 30.6 Å². The third-order valence-corrected chi connectivity index (χ3v) is 5.56. The lowest BCUT2D eigenvalue weighted by Gasteiger charge is -2.34. The van der Waals surface area contributed by atoms with Gasteiger partial charge in [-0.3, -0.25) is 19.7 Å². The highest BCUT2D eigenvalue weighted by Gasteiger charge is 2.32. The molecule has 1 unspecified atom stereocenters. The fourth-order valence-electron chi connectivity index (χ4n) is 3.94. The first kappa shape index (κ1) is 20.6. The van der Waals surface area contributed by atoms with Crippen LogP contribution in [0.1, 0.15) is 52.1 Å². The van der Waals surface area contributed by atoms with Gasteiger partial charge in [-0.25, -0.2) is 9.67 Å². The fraction of sp³-hybridized carbons (Fsp3) is 0.217. The van der Waals surface area contributed by atoms with Crippen LogP contribution in [-0.4, -0.2) is 53.2 Å². The Balaban J connectivity index is 1.33. The quantitative estimate of drug-likeness (QED) is 0.490. The predicted octanol–water partition coefficient (Wildman–Crippen LogP) is 3.01. The van der Waals surface area contributed by atoms with Crippen LogP contribution in [0.15, 0.2) is 67.1 Å². The number of carbonyl (C=O) groups excluding carboxylic acids is 2. The zero-order valence-corrected chi connectivity index (χ0v) is 17.8. The number of hydrogen-bond acceptors (Lipinski definition) is 6. The Morgan fingerprint density at radius 1 is 1.03 bits per heavy atom. The van der Waals surface area contributed by atoms with Gasteiger partial charge in [-0.15, -0.1) is 5.10 Å². The molecule has 0 saturated carbocycles. The van der Waals surface area contributed by atoms with Crippen LogP contribution in [0.2, 0.25) is 0 Å². The Kier molecular flexibility index (Phi) is 5.62. The number of likely N-dealkylation sites (tertiary alicyclic amines) is 1. The standard InChI is InChI=1S/C23H22N8O2/c32-22(17-10-4-6-12-24-17)26-20-14-18(27-28-20)19-11-5-7-13-30(19)23(33)21-25-15-31(29-21)16-8-2-1-3-9-16/h1-4,6,8-10,12,14-15,19H,5,7,11,13H2,(H2,26,27,28,32). The number of nitrogens with one attached hydrogen (secondary N) is 2. The second-order valence-electron chi connectivity index (χ2n) is 7.74. The van der Waals surface area contributed by atoms with Crippen molar-refractivity contribution >= 4 is 17.6 Å². The molecule has 33 heavy (non-hydrogen) atoms. The number of rotatable bonds is 5. The largest absolute Gasteiger partial charge is 0.327 e. The van der Waals surface area contributed by atoms with Gasteiger partial charge in [0.1, 0.15) is 12.0 Å². The SMILES string of the molecule is O=C(Nc1cc(C2CCCCN2C(=O)c2ncn(-c3ccccc3)n2)[nH]n1)c1ccccn1. The van der Waals surface area contributed by atoms with Crippen LogP contribution >= 0.6 is 0 Å². The maximum atomic E-state index is 13.3. The molecule has 4 heterocycles. The molecule has 2 N–H and O–H groups in total. The highest BCUT2D eigenvalue weighted by Crippen LogP contribution is 2.31. The van der Waals surface area contributed by atoms with Gasteiger partial charge in [-0.05, 0) is 43.5 Å². The Labute approximate surface area is 189 Å². The van der Waals surface area contributed by atoms with Crippen molar-refractivity contribution in [1.82, 2.24) is 34.8 Å². The number of aromatic nitrogens is 6. The summed E-state index contributed by atoms with van der Waals surface area (Å²) in [7, 11) is 0. The molecule has 0 bridgehead atoms. The molecule has 0 radical (unpaired) electrons.